The van der Waals surface area contributed by atoms with Gasteiger partial charge in [0.25, 0.3) is 0 Å². The zero-order chi connectivity index (χ0) is 20.6. The van der Waals surface area contributed by atoms with Crippen molar-refractivity contribution in [1.82, 2.24) is 5.32 Å². The fourth-order valence-electron chi connectivity index (χ4n) is 4.16. The van der Waals surface area contributed by atoms with E-state index in [0.29, 0.717) is 13.0 Å². The highest BCUT2D eigenvalue weighted by Gasteiger charge is 2.49. The normalized spacial score (nSPS) is 23.2. The summed E-state index contributed by atoms with van der Waals surface area (Å²) in [7, 11) is 0. The molecule has 0 saturated heterocycles. The Morgan fingerprint density at radius 1 is 1.18 bits per heavy atom. The largest absolute Gasteiger partial charge is 0.466 e. The van der Waals surface area contributed by atoms with Crippen LogP contribution in [-0.4, -0.2) is 30.7 Å². The number of hydrogen-bond acceptors (Lipinski definition) is 5. The lowest BCUT2D eigenvalue weighted by Gasteiger charge is -2.44. The third-order valence-corrected chi connectivity index (χ3v) is 5.61. The topological polar surface area (TPSA) is 64.6 Å². The molecule has 1 aliphatic rings. The Balaban J connectivity index is 2.23. The lowest BCUT2D eigenvalue weighted by atomic mass is 9.67. The van der Waals surface area contributed by atoms with E-state index in [2.05, 4.69) is 24.4 Å². The predicted octanol–water partition coefficient (Wildman–Crippen LogP) is 4.56. The van der Waals surface area contributed by atoms with Gasteiger partial charge in [-0.15, -0.1) is 0 Å². The van der Waals surface area contributed by atoms with Crippen LogP contribution in [0.3, 0.4) is 0 Å². The van der Waals surface area contributed by atoms with E-state index in [-0.39, 0.29) is 36.5 Å². The minimum Gasteiger partial charge on any atom is -0.466 e. The van der Waals surface area contributed by atoms with Crippen LogP contribution in [0.25, 0.3) is 0 Å². The highest BCUT2D eigenvalue weighted by Crippen LogP contribution is 2.43. The Kier molecular flexibility index (Phi) is 8.49. The fourth-order valence-corrected chi connectivity index (χ4v) is 4.16. The average molecular weight is 390 g/mol. The van der Waals surface area contributed by atoms with Crippen LogP contribution in [0.4, 0.5) is 0 Å². The van der Waals surface area contributed by atoms with E-state index in [9.17, 15) is 9.59 Å². The summed E-state index contributed by atoms with van der Waals surface area (Å²) in [6.07, 6.45) is 4.17. The molecule has 0 amide bonds. The van der Waals surface area contributed by atoms with Crippen LogP contribution in [-0.2, 0) is 19.1 Å². The smallest absolute Gasteiger partial charge is 0.313 e. The number of carbonyl (C=O) groups is 2. The molecule has 1 saturated carbocycles. The number of rotatable bonds is 9. The minimum absolute atomic E-state index is 0.0304. The minimum atomic E-state index is -0.696. The van der Waals surface area contributed by atoms with E-state index < -0.39 is 5.41 Å². The molecule has 5 nitrogen and oxygen atoms in total. The first kappa shape index (κ1) is 22.4. The molecule has 1 aromatic rings. The molecule has 0 spiro atoms. The van der Waals surface area contributed by atoms with Gasteiger partial charge in [0.15, 0.2) is 0 Å². The number of benzene rings is 1. The summed E-state index contributed by atoms with van der Waals surface area (Å²) in [5.41, 5.74) is 0.489. The molecule has 0 radical (unpaired) electrons. The van der Waals surface area contributed by atoms with Gasteiger partial charge >= 0.3 is 11.9 Å². The standard InChI is InChI=1S/C23H35NO4/c1-5-27-21(25)14-16-23(22(26)28-17(2)3)15-10-9-13-20(23)24-18(4)19-11-7-6-8-12-19/h6-8,11-12,17-18,20,24H,5,9-10,13-16H2,1-4H3/t18-,20-,23+/m1/s1. The van der Waals surface area contributed by atoms with Gasteiger partial charge in [0.1, 0.15) is 0 Å². The van der Waals surface area contributed by atoms with Gasteiger partial charge in [-0.2, -0.15) is 0 Å². The van der Waals surface area contributed by atoms with Gasteiger partial charge in [-0.05, 0) is 52.5 Å². The summed E-state index contributed by atoms with van der Waals surface area (Å²) in [6.45, 7) is 8.01. The second-order valence-corrected chi connectivity index (χ2v) is 8.01. The molecule has 3 atom stereocenters. The van der Waals surface area contributed by atoms with E-state index in [1.54, 1.807) is 6.92 Å². The fraction of sp³-hybridized carbons (Fsp3) is 0.652. The third-order valence-electron chi connectivity index (χ3n) is 5.61. The lowest BCUT2D eigenvalue weighted by Crippen LogP contribution is -2.54. The van der Waals surface area contributed by atoms with E-state index in [1.807, 2.05) is 32.0 Å². The Morgan fingerprint density at radius 2 is 1.89 bits per heavy atom. The molecule has 0 aliphatic heterocycles. The van der Waals surface area contributed by atoms with Crippen molar-refractivity contribution in [3.8, 4) is 0 Å². The molecule has 156 valence electrons. The third kappa shape index (κ3) is 5.81. The number of hydrogen-bond donors (Lipinski definition) is 1. The van der Waals surface area contributed by atoms with Gasteiger partial charge in [-0.25, -0.2) is 0 Å². The number of esters is 2. The van der Waals surface area contributed by atoms with E-state index in [1.165, 1.54) is 5.56 Å². The van der Waals surface area contributed by atoms with Crippen molar-refractivity contribution in [1.29, 1.82) is 0 Å². The summed E-state index contributed by atoms with van der Waals surface area (Å²) in [6, 6.07) is 10.3. The van der Waals surface area contributed by atoms with Crippen LogP contribution >= 0.6 is 0 Å². The number of nitrogens with one attached hydrogen (secondary N) is 1. The van der Waals surface area contributed by atoms with Crippen molar-refractivity contribution in [3.63, 3.8) is 0 Å². The summed E-state index contributed by atoms with van der Waals surface area (Å²) >= 11 is 0. The predicted molar refractivity (Wildman–Crippen MR) is 110 cm³/mol. The van der Waals surface area contributed by atoms with Crippen LogP contribution in [0.2, 0.25) is 0 Å². The lowest BCUT2D eigenvalue weighted by molar-refractivity contribution is -0.166. The Bertz CT molecular complexity index is 631. The molecular formula is C23H35NO4. The van der Waals surface area contributed by atoms with Gasteiger partial charge in [-0.3, -0.25) is 9.59 Å². The second-order valence-electron chi connectivity index (χ2n) is 8.01. The molecule has 2 rings (SSSR count). The van der Waals surface area contributed by atoms with Crippen molar-refractivity contribution >= 4 is 11.9 Å². The first-order valence-electron chi connectivity index (χ1n) is 10.6. The van der Waals surface area contributed by atoms with E-state index in [0.717, 1.165) is 25.7 Å². The molecular weight excluding hydrogens is 354 g/mol. The van der Waals surface area contributed by atoms with E-state index >= 15 is 0 Å². The Hall–Kier alpha value is -1.88. The van der Waals surface area contributed by atoms with Crippen molar-refractivity contribution < 1.29 is 19.1 Å². The summed E-state index contributed by atoms with van der Waals surface area (Å²) in [5.74, 6) is -0.441. The highest BCUT2D eigenvalue weighted by molar-refractivity contribution is 5.79. The van der Waals surface area contributed by atoms with Gasteiger partial charge in [0.2, 0.25) is 0 Å². The van der Waals surface area contributed by atoms with Crippen molar-refractivity contribution in [2.45, 2.75) is 84.4 Å². The zero-order valence-corrected chi connectivity index (χ0v) is 17.7. The molecule has 5 heteroatoms. The van der Waals surface area contributed by atoms with Gasteiger partial charge in [-0.1, -0.05) is 43.2 Å². The maximum atomic E-state index is 13.2. The monoisotopic (exact) mass is 389 g/mol. The summed E-state index contributed by atoms with van der Waals surface area (Å²) in [5, 5.41) is 3.68. The summed E-state index contributed by atoms with van der Waals surface area (Å²) in [4.78, 5) is 25.2. The van der Waals surface area contributed by atoms with Crippen LogP contribution in [0.15, 0.2) is 30.3 Å². The number of ether oxygens (including phenoxy) is 2. The molecule has 1 fully saturated rings. The molecule has 1 aromatic carbocycles. The Morgan fingerprint density at radius 3 is 2.54 bits per heavy atom. The number of carbonyl (C=O) groups excluding carboxylic acids is 2. The first-order valence-corrected chi connectivity index (χ1v) is 10.6. The molecule has 0 bridgehead atoms. The summed E-state index contributed by atoms with van der Waals surface area (Å²) < 4.78 is 10.8. The van der Waals surface area contributed by atoms with Gasteiger partial charge in [0, 0.05) is 18.5 Å². The average Bonchev–Trinajstić information content (AvgIpc) is 2.67. The molecule has 0 heterocycles. The molecule has 1 N–H and O–H groups in total. The first-order chi connectivity index (χ1) is 13.4. The van der Waals surface area contributed by atoms with Crippen molar-refractivity contribution in [2.75, 3.05) is 6.61 Å². The van der Waals surface area contributed by atoms with Crippen LogP contribution in [0.1, 0.15) is 77.8 Å². The maximum Gasteiger partial charge on any atom is 0.313 e. The van der Waals surface area contributed by atoms with Crippen molar-refractivity contribution in [3.05, 3.63) is 35.9 Å². The maximum absolute atomic E-state index is 13.2. The Labute approximate surface area is 169 Å². The van der Waals surface area contributed by atoms with Crippen LogP contribution < -0.4 is 5.32 Å². The van der Waals surface area contributed by atoms with E-state index in [4.69, 9.17) is 9.47 Å². The van der Waals surface area contributed by atoms with Crippen molar-refractivity contribution in [2.24, 2.45) is 5.41 Å². The molecule has 0 aromatic heterocycles. The highest BCUT2D eigenvalue weighted by atomic mass is 16.5. The molecule has 28 heavy (non-hydrogen) atoms. The van der Waals surface area contributed by atoms with Gasteiger partial charge in [0.05, 0.1) is 18.1 Å². The zero-order valence-electron chi connectivity index (χ0n) is 17.7. The molecule has 0 unspecified atom stereocenters. The molecule has 1 aliphatic carbocycles. The van der Waals surface area contributed by atoms with Crippen LogP contribution in [0.5, 0.6) is 0 Å². The second kappa shape index (κ2) is 10.6. The van der Waals surface area contributed by atoms with Gasteiger partial charge < -0.3 is 14.8 Å². The quantitative estimate of drug-likeness (QED) is 0.627. The SMILES string of the molecule is CCOC(=O)CC[C@@]1(C(=O)OC(C)C)CCCC[C@H]1N[C@H](C)c1ccccc1. The van der Waals surface area contributed by atoms with Crippen LogP contribution in [0, 0.1) is 5.41 Å².